The maximum absolute atomic E-state index is 4.53. The highest BCUT2D eigenvalue weighted by molar-refractivity contribution is 9.10. The van der Waals surface area contributed by atoms with E-state index in [0.717, 1.165) is 33.8 Å². The van der Waals surface area contributed by atoms with Crippen LogP contribution in [0, 0.1) is 5.92 Å². The molecule has 3 rings (SSSR count). The van der Waals surface area contributed by atoms with Crippen LogP contribution < -0.4 is 5.32 Å². The first kappa shape index (κ1) is 11.3. The van der Waals surface area contributed by atoms with E-state index in [1.165, 1.54) is 11.5 Å². The lowest BCUT2D eigenvalue weighted by Gasteiger charge is -2.24. The Balaban J connectivity index is 1.82. The van der Waals surface area contributed by atoms with Crippen molar-refractivity contribution in [3.8, 4) is 0 Å². The molecule has 88 valence electrons. The molecular weight excluding hydrogens is 298 g/mol. The maximum atomic E-state index is 4.53. The van der Waals surface area contributed by atoms with Crippen molar-refractivity contribution in [1.29, 1.82) is 0 Å². The van der Waals surface area contributed by atoms with Gasteiger partial charge in [-0.15, -0.1) is 0 Å². The number of thioether (sulfide) groups is 1. The number of hydrogen-bond acceptors (Lipinski definition) is 4. The number of aromatic nitrogens is 2. The monoisotopic (exact) mass is 309 g/mol. The summed E-state index contributed by atoms with van der Waals surface area (Å²) in [4.78, 5) is 8.86. The van der Waals surface area contributed by atoms with Gasteiger partial charge in [0, 0.05) is 22.6 Å². The minimum absolute atomic E-state index is 0.723. The summed E-state index contributed by atoms with van der Waals surface area (Å²) in [5, 5.41) is 4.37. The molecule has 2 heterocycles. The average molecular weight is 310 g/mol. The third kappa shape index (κ3) is 2.40. The van der Waals surface area contributed by atoms with Crippen LogP contribution in [0.2, 0.25) is 0 Å². The van der Waals surface area contributed by atoms with E-state index in [-0.39, 0.29) is 0 Å². The number of halogens is 1. The van der Waals surface area contributed by atoms with Gasteiger partial charge in [0.25, 0.3) is 0 Å². The average Bonchev–Trinajstić information content (AvgIpc) is 2.28. The van der Waals surface area contributed by atoms with Gasteiger partial charge in [-0.3, -0.25) is 0 Å². The second-order valence-electron chi connectivity index (χ2n) is 4.16. The highest BCUT2D eigenvalue weighted by Gasteiger charge is 2.17. The van der Waals surface area contributed by atoms with Gasteiger partial charge in [-0.2, -0.15) is 11.8 Å². The zero-order chi connectivity index (χ0) is 11.7. The van der Waals surface area contributed by atoms with Crippen LogP contribution in [0.4, 0.5) is 5.95 Å². The summed E-state index contributed by atoms with van der Waals surface area (Å²) in [5.74, 6) is 4.01. The number of hydrogen-bond donors (Lipinski definition) is 1. The second-order valence-corrected chi connectivity index (χ2v) is 6.08. The normalized spacial score (nSPS) is 15.8. The molecule has 1 aliphatic heterocycles. The van der Waals surface area contributed by atoms with E-state index in [2.05, 4.69) is 31.2 Å². The topological polar surface area (TPSA) is 37.8 Å². The highest BCUT2D eigenvalue weighted by atomic mass is 79.9. The smallest absolute Gasteiger partial charge is 0.223 e. The van der Waals surface area contributed by atoms with Crippen LogP contribution >= 0.6 is 27.7 Å². The van der Waals surface area contributed by atoms with Gasteiger partial charge in [0.15, 0.2) is 0 Å². The Labute approximate surface area is 113 Å². The third-order valence-electron chi connectivity index (χ3n) is 2.82. The molecule has 1 aliphatic rings. The zero-order valence-electron chi connectivity index (χ0n) is 9.19. The van der Waals surface area contributed by atoms with Gasteiger partial charge in [-0.05, 0) is 39.4 Å². The van der Waals surface area contributed by atoms with Crippen LogP contribution in [0.5, 0.6) is 0 Å². The molecule has 0 bridgehead atoms. The molecule has 1 saturated heterocycles. The SMILES string of the molecule is Brc1cccc2cnc(NCC3CSC3)nc12. The van der Waals surface area contributed by atoms with Crippen molar-refractivity contribution in [2.45, 2.75) is 0 Å². The van der Waals surface area contributed by atoms with E-state index in [9.17, 15) is 0 Å². The first-order chi connectivity index (χ1) is 8.33. The van der Waals surface area contributed by atoms with Gasteiger partial charge in [-0.1, -0.05) is 12.1 Å². The summed E-state index contributed by atoms with van der Waals surface area (Å²) in [6, 6.07) is 6.02. The van der Waals surface area contributed by atoms with Crippen molar-refractivity contribution in [1.82, 2.24) is 9.97 Å². The molecule has 0 saturated carbocycles. The molecule has 3 nitrogen and oxygen atoms in total. The van der Waals surface area contributed by atoms with Crippen LogP contribution in [0.1, 0.15) is 0 Å². The summed E-state index contributed by atoms with van der Waals surface area (Å²) in [6.07, 6.45) is 1.87. The number of anilines is 1. The summed E-state index contributed by atoms with van der Waals surface area (Å²) >= 11 is 5.51. The Hall–Kier alpha value is -0.810. The summed E-state index contributed by atoms with van der Waals surface area (Å²) in [7, 11) is 0. The molecule has 17 heavy (non-hydrogen) atoms. The summed E-state index contributed by atoms with van der Waals surface area (Å²) < 4.78 is 1.01. The lowest BCUT2D eigenvalue weighted by molar-refractivity contribution is 0.674. The molecule has 0 radical (unpaired) electrons. The van der Waals surface area contributed by atoms with Gasteiger partial charge in [0.05, 0.1) is 5.52 Å². The first-order valence-electron chi connectivity index (χ1n) is 5.56. The fourth-order valence-corrected chi connectivity index (χ4v) is 3.02. The number of para-hydroxylation sites is 1. The number of fused-ring (bicyclic) bond motifs is 1. The molecule has 1 fully saturated rings. The first-order valence-corrected chi connectivity index (χ1v) is 7.50. The van der Waals surface area contributed by atoms with Crippen molar-refractivity contribution in [3.05, 3.63) is 28.9 Å². The molecule has 1 aromatic carbocycles. The van der Waals surface area contributed by atoms with E-state index in [0.29, 0.717) is 0 Å². The van der Waals surface area contributed by atoms with E-state index in [4.69, 9.17) is 0 Å². The molecule has 1 N–H and O–H groups in total. The maximum Gasteiger partial charge on any atom is 0.223 e. The largest absolute Gasteiger partial charge is 0.354 e. The summed E-state index contributed by atoms with van der Waals surface area (Å²) in [6.45, 7) is 0.975. The second kappa shape index (κ2) is 4.82. The van der Waals surface area contributed by atoms with Gasteiger partial charge < -0.3 is 5.32 Å². The zero-order valence-corrected chi connectivity index (χ0v) is 11.6. The van der Waals surface area contributed by atoms with E-state index in [1.807, 2.05) is 36.2 Å². The lowest BCUT2D eigenvalue weighted by Crippen LogP contribution is -2.26. The Morgan fingerprint density at radius 2 is 2.29 bits per heavy atom. The molecule has 0 spiro atoms. The third-order valence-corrected chi connectivity index (χ3v) is 4.87. The predicted molar refractivity (Wildman–Crippen MR) is 76.5 cm³/mol. The molecule has 5 heteroatoms. The van der Waals surface area contributed by atoms with Crippen molar-refractivity contribution >= 4 is 44.5 Å². The molecule has 0 unspecified atom stereocenters. The van der Waals surface area contributed by atoms with Crippen LogP contribution in [-0.2, 0) is 0 Å². The molecule has 2 aromatic rings. The van der Waals surface area contributed by atoms with E-state index >= 15 is 0 Å². The molecule has 1 aromatic heterocycles. The number of nitrogens with zero attached hydrogens (tertiary/aromatic N) is 2. The van der Waals surface area contributed by atoms with Gasteiger partial charge in [-0.25, -0.2) is 9.97 Å². The standard InChI is InChI=1S/C12H12BrN3S/c13-10-3-1-2-9-5-15-12(16-11(9)10)14-4-8-6-17-7-8/h1-3,5,8H,4,6-7H2,(H,14,15,16). The summed E-state index contributed by atoms with van der Waals surface area (Å²) in [5.41, 5.74) is 0.966. The Morgan fingerprint density at radius 1 is 1.41 bits per heavy atom. The van der Waals surface area contributed by atoms with Gasteiger partial charge in [0.1, 0.15) is 0 Å². The molecule has 0 atom stereocenters. The Bertz CT molecular complexity index is 542. The minimum Gasteiger partial charge on any atom is -0.354 e. The molecular formula is C12H12BrN3S. The molecule has 0 amide bonds. The quantitative estimate of drug-likeness (QED) is 0.945. The number of benzene rings is 1. The van der Waals surface area contributed by atoms with Gasteiger partial charge >= 0.3 is 0 Å². The molecule has 0 aliphatic carbocycles. The van der Waals surface area contributed by atoms with Crippen LogP contribution in [0.25, 0.3) is 10.9 Å². The van der Waals surface area contributed by atoms with Crippen LogP contribution in [0.15, 0.2) is 28.9 Å². The minimum atomic E-state index is 0.723. The predicted octanol–water partition coefficient (Wildman–Crippen LogP) is 3.17. The lowest BCUT2D eigenvalue weighted by atomic mass is 10.2. The van der Waals surface area contributed by atoms with Crippen molar-refractivity contribution in [2.75, 3.05) is 23.4 Å². The number of nitrogens with one attached hydrogen (secondary N) is 1. The van der Waals surface area contributed by atoms with Crippen LogP contribution in [-0.4, -0.2) is 28.0 Å². The number of rotatable bonds is 3. The van der Waals surface area contributed by atoms with E-state index < -0.39 is 0 Å². The van der Waals surface area contributed by atoms with Crippen LogP contribution in [0.3, 0.4) is 0 Å². The van der Waals surface area contributed by atoms with E-state index in [1.54, 1.807) is 0 Å². The fraction of sp³-hybridized carbons (Fsp3) is 0.333. The fourth-order valence-electron chi connectivity index (χ4n) is 1.74. The Kier molecular flexibility index (Phi) is 3.20. The van der Waals surface area contributed by atoms with Crippen molar-refractivity contribution in [3.63, 3.8) is 0 Å². The Morgan fingerprint density at radius 3 is 3.06 bits per heavy atom. The van der Waals surface area contributed by atoms with Gasteiger partial charge in [0.2, 0.25) is 5.95 Å². The van der Waals surface area contributed by atoms with Crippen molar-refractivity contribution < 1.29 is 0 Å². The highest BCUT2D eigenvalue weighted by Crippen LogP contribution is 2.25. The van der Waals surface area contributed by atoms with Crippen molar-refractivity contribution in [2.24, 2.45) is 5.92 Å².